The normalized spacial score (nSPS) is 8.60. The summed E-state index contributed by atoms with van der Waals surface area (Å²) in [6.45, 7) is 0. The van der Waals surface area contributed by atoms with Crippen molar-refractivity contribution < 1.29 is 9.59 Å². The fourth-order valence-corrected chi connectivity index (χ4v) is 1.14. The highest BCUT2D eigenvalue weighted by atomic mass is 79.9. The zero-order valence-electron chi connectivity index (χ0n) is 7.58. The summed E-state index contributed by atoms with van der Waals surface area (Å²) in [6, 6.07) is 6.31. The van der Waals surface area contributed by atoms with Crippen molar-refractivity contribution in [1.29, 1.82) is 0 Å². The molecule has 2 amide bonds. The van der Waals surface area contributed by atoms with Gasteiger partial charge in [0, 0.05) is 33.1 Å². The number of amides is 2. The van der Waals surface area contributed by atoms with Gasteiger partial charge in [-0.15, -0.1) is 0 Å². The molecule has 0 atom stereocenters. The van der Waals surface area contributed by atoms with Crippen LogP contribution in [0.15, 0.2) is 24.3 Å². The molecule has 0 heterocycles. The first-order chi connectivity index (χ1) is 7.13. The minimum Gasteiger partial charge on any atom is -0.366 e. The maximum atomic E-state index is 11.1. The van der Waals surface area contributed by atoms with Crippen LogP contribution < -0.4 is 11.1 Å². The molecule has 0 unspecified atom stereocenters. The van der Waals surface area contributed by atoms with Gasteiger partial charge in [0.25, 0.3) is 0 Å². The van der Waals surface area contributed by atoms with Gasteiger partial charge in [-0.2, -0.15) is 0 Å². The summed E-state index contributed by atoms with van der Waals surface area (Å²) in [5.74, 6) is 1.23. The number of carbonyl (C=O) groups excluding carboxylic acids is 2. The summed E-state index contributed by atoms with van der Waals surface area (Å²) in [5, 5.41) is 2.49. The van der Waals surface area contributed by atoms with E-state index in [0.717, 1.165) is 0 Å². The molecule has 15 heavy (non-hydrogen) atoms. The minimum absolute atomic E-state index is 0.333. The molecule has 0 aliphatic heterocycles. The highest BCUT2D eigenvalue weighted by Gasteiger charge is 2.02. The Hall–Kier alpha value is -1.80. The Morgan fingerprint density at radius 1 is 1.40 bits per heavy atom. The molecule has 0 aliphatic rings. The third kappa shape index (κ3) is 3.44. The number of carbonyl (C=O) groups is 2. The zero-order valence-corrected chi connectivity index (χ0v) is 9.17. The van der Waals surface area contributed by atoms with E-state index < -0.39 is 11.8 Å². The van der Waals surface area contributed by atoms with Gasteiger partial charge in [0.05, 0.1) is 0 Å². The lowest BCUT2D eigenvalue weighted by Gasteiger charge is -2.01. The van der Waals surface area contributed by atoms with Crippen molar-refractivity contribution in [3.05, 3.63) is 29.8 Å². The lowest BCUT2D eigenvalue weighted by molar-refractivity contribution is -0.111. The van der Waals surface area contributed by atoms with Crippen molar-refractivity contribution in [2.75, 3.05) is 5.32 Å². The molecule has 3 N–H and O–H groups in total. The van der Waals surface area contributed by atoms with Crippen molar-refractivity contribution in [3.63, 3.8) is 0 Å². The molecule has 0 saturated heterocycles. The van der Waals surface area contributed by atoms with Gasteiger partial charge in [0.1, 0.15) is 0 Å². The molecule has 4 nitrogen and oxygen atoms in total. The van der Waals surface area contributed by atoms with Crippen LogP contribution in [-0.2, 0) is 4.79 Å². The number of nitrogens with two attached hydrogens (primary N) is 1. The minimum atomic E-state index is -0.544. The third-order valence-electron chi connectivity index (χ3n) is 1.57. The van der Waals surface area contributed by atoms with E-state index in [1.807, 2.05) is 0 Å². The molecule has 0 radical (unpaired) electrons. The lowest BCUT2D eigenvalue weighted by Crippen LogP contribution is -2.12. The number of hydrogen-bond donors (Lipinski definition) is 2. The maximum Gasteiger partial charge on any atom is 0.301 e. The Labute approximate surface area is 95.0 Å². The quantitative estimate of drug-likeness (QED) is 0.787. The molecule has 0 aromatic heterocycles. The molecule has 1 rings (SSSR count). The van der Waals surface area contributed by atoms with Crippen molar-refractivity contribution >= 4 is 33.4 Å². The van der Waals surface area contributed by atoms with Crippen molar-refractivity contribution in [1.82, 2.24) is 0 Å². The maximum absolute atomic E-state index is 11.1. The summed E-state index contributed by atoms with van der Waals surface area (Å²) < 4.78 is 0. The lowest BCUT2D eigenvalue weighted by atomic mass is 10.2. The molecule has 0 saturated carbocycles. The molecule has 0 spiro atoms. The summed E-state index contributed by atoms with van der Waals surface area (Å²) in [4.78, 5) is 24.2. The molecule has 1 aromatic carbocycles. The number of anilines is 1. The highest BCUT2D eigenvalue weighted by molar-refractivity contribution is 9.12. The molecular weight excluding hydrogens is 260 g/mol. The van der Waals surface area contributed by atoms with Gasteiger partial charge in [-0.25, -0.2) is 0 Å². The van der Waals surface area contributed by atoms with Crippen LogP contribution in [0.2, 0.25) is 0 Å². The third-order valence-corrected chi connectivity index (χ3v) is 1.76. The van der Waals surface area contributed by atoms with Crippen LogP contribution >= 0.6 is 15.9 Å². The Balaban J connectivity index is 2.85. The number of primary amides is 1. The fourth-order valence-electron chi connectivity index (χ4n) is 0.955. The topological polar surface area (TPSA) is 72.2 Å². The number of nitrogens with one attached hydrogen (secondary N) is 1. The fraction of sp³-hybridized carbons (Fsp3) is 0. The molecule has 1 aromatic rings. The van der Waals surface area contributed by atoms with Gasteiger partial charge in [-0.3, -0.25) is 9.59 Å². The summed E-state index contributed by atoms with van der Waals surface area (Å²) in [5.41, 5.74) is 5.90. The van der Waals surface area contributed by atoms with Crippen molar-refractivity contribution in [2.24, 2.45) is 5.73 Å². The van der Waals surface area contributed by atoms with Gasteiger partial charge >= 0.3 is 5.91 Å². The van der Waals surface area contributed by atoms with E-state index in [1.54, 1.807) is 18.2 Å². The van der Waals surface area contributed by atoms with Crippen LogP contribution in [0.1, 0.15) is 10.4 Å². The molecule has 0 bridgehead atoms. The largest absolute Gasteiger partial charge is 0.366 e. The Morgan fingerprint density at radius 3 is 2.73 bits per heavy atom. The second-order valence-electron chi connectivity index (χ2n) is 2.62. The number of halogens is 1. The van der Waals surface area contributed by atoms with Crippen LogP contribution in [0, 0.1) is 10.8 Å². The first-order valence-corrected chi connectivity index (χ1v) is 4.75. The van der Waals surface area contributed by atoms with E-state index in [2.05, 4.69) is 32.0 Å². The summed E-state index contributed by atoms with van der Waals surface area (Å²) in [7, 11) is 0. The second-order valence-corrected chi connectivity index (χ2v) is 3.02. The first-order valence-electron chi connectivity index (χ1n) is 3.96. The zero-order chi connectivity index (χ0) is 11.3. The number of hydrogen-bond acceptors (Lipinski definition) is 2. The van der Waals surface area contributed by atoms with Crippen LogP contribution in [0.3, 0.4) is 0 Å². The SMILES string of the molecule is NC(=O)c1cccc(NC(=O)C#CBr)c1. The number of rotatable bonds is 2. The predicted molar refractivity (Wildman–Crippen MR) is 60.3 cm³/mol. The Kier molecular flexibility index (Phi) is 3.89. The van der Waals surface area contributed by atoms with E-state index in [0.29, 0.717) is 11.3 Å². The van der Waals surface area contributed by atoms with E-state index in [-0.39, 0.29) is 0 Å². The molecule has 0 aliphatic carbocycles. The summed E-state index contributed by atoms with van der Waals surface area (Å²) >= 11 is 2.80. The second kappa shape index (κ2) is 5.17. The molecule has 0 fully saturated rings. The average molecular weight is 267 g/mol. The molecule has 76 valence electrons. The van der Waals surface area contributed by atoms with Crippen LogP contribution in [0.25, 0.3) is 0 Å². The van der Waals surface area contributed by atoms with E-state index in [4.69, 9.17) is 5.73 Å². The first kappa shape index (κ1) is 11.3. The van der Waals surface area contributed by atoms with E-state index in [1.165, 1.54) is 6.07 Å². The van der Waals surface area contributed by atoms with Crippen molar-refractivity contribution in [3.8, 4) is 10.8 Å². The Bertz CT molecular complexity index is 460. The van der Waals surface area contributed by atoms with Crippen molar-refractivity contribution in [2.45, 2.75) is 0 Å². The van der Waals surface area contributed by atoms with Crippen LogP contribution in [-0.4, -0.2) is 11.8 Å². The van der Waals surface area contributed by atoms with Gasteiger partial charge < -0.3 is 11.1 Å². The van der Waals surface area contributed by atoms with E-state index in [9.17, 15) is 9.59 Å². The smallest absolute Gasteiger partial charge is 0.301 e. The average Bonchev–Trinajstić information content (AvgIpc) is 2.18. The van der Waals surface area contributed by atoms with Gasteiger partial charge in [-0.1, -0.05) is 6.07 Å². The number of benzene rings is 1. The summed E-state index contributed by atoms with van der Waals surface area (Å²) in [6.07, 6.45) is 0. The van der Waals surface area contributed by atoms with Gasteiger partial charge in [0.2, 0.25) is 5.91 Å². The van der Waals surface area contributed by atoms with E-state index >= 15 is 0 Å². The van der Waals surface area contributed by atoms with Crippen LogP contribution in [0.4, 0.5) is 5.69 Å². The Morgan fingerprint density at radius 2 is 2.13 bits per heavy atom. The van der Waals surface area contributed by atoms with Crippen LogP contribution in [0.5, 0.6) is 0 Å². The predicted octanol–water partition coefficient (Wildman–Crippen LogP) is 1.08. The monoisotopic (exact) mass is 266 g/mol. The standard InChI is InChI=1S/C10H7BrN2O2/c11-5-4-9(14)13-8-3-1-2-7(6-8)10(12)15/h1-3,6H,(H2,12,15)(H,13,14). The van der Waals surface area contributed by atoms with Gasteiger partial charge in [-0.05, 0) is 23.0 Å². The highest BCUT2D eigenvalue weighted by Crippen LogP contribution is 2.09. The molecule has 5 heteroatoms. The molecular formula is C10H7BrN2O2. The van der Waals surface area contributed by atoms with Gasteiger partial charge in [0.15, 0.2) is 0 Å².